The van der Waals surface area contributed by atoms with Crippen LogP contribution in [0.1, 0.15) is 38.5 Å². The molecule has 0 radical (unpaired) electrons. The molecule has 2 fully saturated rings. The minimum absolute atomic E-state index is 0.0985. The fraction of sp³-hybridized carbons (Fsp3) is 0.923. The number of hydrogen-bond acceptors (Lipinski definition) is 2. The molecule has 0 spiro atoms. The molecule has 98 valence electrons. The van der Waals surface area contributed by atoms with Crippen LogP contribution in [0.5, 0.6) is 0 Å². The second-order valence-corrected chi connectivity index (χ2v) is 5.85. The molecule has 3 unspecified atom stereocenters. The molecule has 1 aliphatic carbocycles. The monoisotopic (exact) mass is 303 g/mol. The van der Waals surface area contributed by atoms with Gasteiger partial charge in [-0.2, -0.15) is 0 Å². The molecule has 1 saturated carbocycles. The molecule has 1 aliphatic heterocycles. The fourth-order valence-electron chi connectivity index (χ4n) is 2.89. The third kappa shape index (κ3) is 3.68. The first-order chi connectivity index (χ1) is 8.31. The zero-order chi connectivity index (χ0) is 12.1. The summed E-state index contributed by atoms with van der Waals surface area (Å²) in [7, 11) is 0. The maximum absolute atomic E-state index is 11.8. The molecule has 3 atom stereocenters. The average Bonchev–Trinajstić information content (AvgIpc) is 2.90. The number of nitrogens with one attached hydrogen (secondary N) is 1. The summed E-state index contributed by atoms with van der Waals surface area (Å²) in [6.45, 7) is 1.57. The Morgan fingerprint density at radius 1 is 1.18 bits per heavy atom. The van der Waals surface area contributed by atoms with E-state index in [0.717, 1.165) is 37.2 Å². The second kappa shape index (κ2) is 6.74. The van der Waals surface area contributed by atoms with Gasteiger partial charge in [-0.15, -0.1) is 0 Å². The van der Waals surface area contributed by atoms with Gasteiger partial charge in [0.25, 0.3) is 0 Å². The zero-order valence-corrected chi connectivity index (χ0v) is 11.9. The third-order valence-electron chi connectivity index (χ3n) is 4.03. The van der Waals surface area contributed by atoms with Crippen molar-refractivity contribution in [2.45, 2.75) is 44.6 Å². The van der Waals surface area contributed by atoms with Crippen LogP contribution in [0.15, 0.2) is 0 Å². The van der Waals surface area contributed by atoms with Crippen molar-refractivity contribution in [2.75, 3.05) is 18.5 Å². The molecule has 17 heavy (non-hydrogen) atoms. The van der Waals surface area contributed by atoms with Crippen LogP contribution in [0, 0.1) is 11.8 Å². The van der Waals surface area contributed by atoms with Crippen LogP contribution >= 0.6 is 15.9 Å². The highest BCUT2D eigenvalue weighted by Crippen LogP contribution is 2.30. The summed E-state index contributed by atoms with van der Waals surface area (Å²) >= 11 is 3.59. The Balaban J connectivity index is 1.74. The normalized spacial score (nSPS) is 33.6. The summed E-state index contributed by atoms with van der Waals surface area (Å²) in [6.07, 6.45) is 6.93. The standard InChI is InChI=1S/C13H22BrNO2/c14-8-10-4-1-2-5-11(10)9-15-13(16)12-6-3-7-17-12/h10-12H,1-9H2,(H,15,16). The Morgan fingerprint density at radius 3 is 2.59 bits per heavy atom. The first kappa shape index (κ1) is 13.3. The number of halogens is 1. The molecule has 4 heteroatoms. The number of carbonyl (C=O) groups excluding carboxylic acids is 1. The highest BCUT2D eigenvalue weighted by atomic mass is 79.9. The van der Waals surface area contributed by atoms with E-state index in [1.54, 1.807) is 0 Å². The van der Waals surface area contributed by atoms with Crippen LogP contribution in [0.25, 0.3) is 0 Å². The minimum atomic E-state index is -0.180. The topological polar surface area (TPSA) is 38.3 Å². The maximum Gasteiger partial charge on any atom is 0.249 e. The molecular weight excluding hydrogens is 282 g/mol. The van der Waals surface area contributed by atoms with Crippen LogP contribution in [-0.2, 0) is 9.53 Å². The minimum Gasteiger partial charge on any atom is -0.368 e. The van der Waals surface area contributed by atoms with Gasteiger partial charge in [0.15, 0.2) is 0 Å². The molecule has 0 aromatic heterocycles. The fourth-order valence-corrected chi connectivity index (χ4v) is 3.74. The van der Waals surface area contributed by atoms with Gasteiger partial charge in [-0.3, -0.25) is 4.79 Å². The van der Waals surface area contributed by atoms with Gasteiger partial charge in [0.1, 0.15) is 6.10 Å². The molecule has 1 amide bonds. The second-order valence-electron chi connectivity index (χ2n) is 5.21. The van der Waals surface area contributed by atoms with E-state index in [1.165, 1.54) is 25.7 Å². The number of amides is 1. The summed E-state index contributed by atoms with van der Waals surface area (Å²) in [5, 5.41) is 4.14. The van der Waals surface area contributed by atoms with Crippen LogP contribution in [0.4, 0.5) is 0 Å². The number of alkyl halides is 1. The van der Waals surface area contributed by atoms with Crippen molar-refractivity contribution >= 4 is 21.8 Å². The third-order valence-corrected chi connectivity index (χ3v) is 4.86. The van der Waals surface area contributed by atoms with E-state index >= 15 is 0 Å². The van der Waals surface area contributed by atoms with E-state index in [4.69, 9.17) is 4.74 Å². The summed E-state index contributed by atoms with van der Waals surface area (Å²) in [6, 6.07) is 0. The molecular formula is C13H22BrNO2. The number of hydrogen-bond donors (Lipinski definition) is 1. The van der Waals surface area contributed by atoms with Gasteiger partial charge in [-0.25, -0.2) is 0 Å². The Hall–Kier alpha value is -0.0900. The van der Waals surface area contributed by atoms with E-state index in [9.17, 15) is 4.79 Å². The molecule has 0 aromatic rings. The largest absolute Gasteiger partial charge is 0.368 e. The lowest BCUT2D eigenvalue weighted by Crippen LogP contribution is -2.39. The summed E-state index contributed by atoms with van der Waals surface area (Å²) < 4.78 is 5.39. The van der Waals surface area contributed by atoms with Crippen molar-refractivity contribution in [3.8, 4) is 0 Å². The Morgan fingerprint density at radius 2 is 1.94 bits per heavy atom. The van der Waals surface area contributed by atoms with Gasteiger partial charge in [-0.1, -0.05) is 28.8 Å². The summed E-state index contributed by atoms with van der Waals surface area (Å²) in [5.74, 6) is 1.48. The van der Waals surface area contributed by atoms with Crippen LogP contribution < -0.4 is 5.32 Å². The highest BCUT2D eigenvalue weighted by molar-refractivity contribution is 9.09. The lowest BCUT2D eigenvalue weighted by molar-refractivity contribution is -0.130. The van der Waals surface area contributed by atoms with Gasteiger partial charge < -0.3 is 10.1 Å². The number of carbonyl (C=O) groups is 1. The Labute approximate surface area is 112 Å². The van der Waals surface area contributed by atoms with Gasteiger partial charge in [0.05, 0.1) is 0 Å². The van der Waals surface area contributed by atoms with Gasteiger partial charge >= 0.3 is 0 Å². The van der Waals surface area contributed by atoms with E-state index in [1.807, 2.05) is 0 Å². The predicted octanol–water partition coefficient (Wildman–Crippen LogP) is 2.48. The highest BCUT2D eigenvalue weighted by Gasteiger charge is 2.27. The SMILES string of the molecule is O=C(NCC1CCCCC1CBr)C1CCCO1. The van der Waals surface area contributed by atoms with Gasteiger partial charge in [0, 0.05) is 18.5 Å². The van der Waals surface area contributed by atoms with Crippen molar-refractivity contribution in [2.24, 2.45) is 11.8 Å². The quantitative estimate of drug-likeness (QED) is 0.810. The van der Waals surface area contributed by atoms with Crippen LogP contribution in [0.2, 0.25) is 0 Å². The van der Waals surface area contributed by atoms with Crippen molar-refractivity contribution in [3.05, 3.63) is 0 Å². The average molecular weight is 304 g/mol. The summed E-state index contributed by atoms with van der Waals surface area (Å²) in [5.41, 5.74) is 0. The van der Waals surface area contributed by atoms with Gasteiger partial charge in [-0.05, 0) is 37.5 Å². The lowest BCUT2D eigenvalue weighted by atomic mass is 9.80. The number of rotatable bonds is 4. The molecule has 1 N–H and O–H groups in total. The predicted molar refractivity (Wildman–Crippen MR) is 71.2 cm³/mol. The molecule has 2 rings (SSSR count). The summed E-state index contributed by atoms with van der Waals surface area (Å²) in [4.78, 5) is 11.8. The van der Waals surface area contributed by atoms with Crippen molar-refractivity contribution in [3.63, 3.8) is 0 Å². The van der Waals surface area contributed by atoms with Crippen molar-refractivity contribution in [1.82, 2.24) is 5.32 Å². The molecule has 1 saturated heterocycles. The lowest BCUT2D eigenvalue weighted by Gasteiger charge is -2.30. The van der Waals surface area contributed by atoms with Crippen LogP contribution in [-0.4, -0.2) is 30.5 Å². The number of ether oxygens (including phenoxy) is 1. The molecule has 0 aromatic carbocycles. The molecule has 0 bridgehead atoms. The Kier molecular flexibility index (Phi) is 5.29. The van der Waals surface area contributed by atoms with E-state index < -0.39 is 0 Å². The zero-order valence-electron chi connectivity index (χ0n) is 10.3. The van der Waals surface area contributed by atoms with E-state index in [0.29, 0.717) is 5.92 Å². The smallest absolute Gasteiger partial charge is 0.249 e. The van der Waals surface area contributed by atoms with Gasteiger partial charge in [0.2, 0.25) is 5.91 Å². The molecule has 3 nitrogen and oxygen atoms in total. The maximum atomic E-state index is 11.8. The first-order valence-corrected chi connectivity index (χ1v) is 7.88. The van der Waals surface area contributed by atoms with Crippen LogP contribution in [0.3, 0.4) is 0 Å². The van der Waals surface area contributed by atoms with E-state index in [2.05, 4.69) is 21.2 Å². The van der Waals surface area contributed by atoms with Crippen molar-refractivity contribution < 1.29 is 9.53 Å². The first-order valence-electron chi connectivity index (χ1n) is 6.76. The molecule has 1 heterocycles. The van der Waals surface area contributed by atoms with E-state index in [-0.39, 0.29) is 12.0 Å². The van der Waals surface area contributed by atoms with Crippen molar-refractivity contribution in [1.29, 1.82) is 0 Å². The molecule has 2 aliphatic rings. The Bertz CT molecular complexity index is 254.